The first-order valence-corrected chi connectivity index (χ1v) is 6.24. The van der Waals surface area contributed by atoms with E-state index < -0.39 is 0 Å². The minimum absolute atomic E-state index is 0.249. The molecule has 0 aromatic carbocycles. The number of aryl methyl sites for hydroxylation is 1. The molecule has 2 rings (SSSR count). The van der Waals surface area contributed by atoms with Gasteiger partial charge in [0.05, 0.1) is 11.7 Å². The van der Waals surface area contributed by atoms with Crippen molar-refractivity contribution in [2.45, 2.75) is 12.5 Å². The predicted octanol–water partition coefficient (Wildman–Crippen LogP) is 2.08. The zero-order valence-corrected chi connectivity index (χ0v) is 11.5. The molecule has 5 heteroatoms. The Labute approximate surface area is 109 Å². The lowest BCUT2D eigenvalue weighted by Crippen LogP contribution is -2.21. The maximum atomic E-state index is 4.20. The van der Waals surface area contributed by atoms with Gasteiger partial charge in [-0.05, 0) is 47.1 Å². The minimum atomic E-state index is 0.249. The summed E-state index contributed by atoms with van der Waals surface area (Å²) in [5, 5.41) is 7.51. The number of hydrogen-bond acceptors (Lipinski definition) is 3. The van der Waals surface area contributed by atoms with Gasteiger partial charge < -0.3 is 5.32 Å². The van der Waals surface area contributed by atoms with Crippen LogP contribution in [0.2, 0.25) is 0 Å². The van der Waals surface area contributed by atoms with E-state index in [1.54, 1.807) is 6.20 Å². The highest BCUT2D eigenvalue weighted by Gasteiger charge is 2.13. The summed E-state index contributed by atoms with van der Waals surface area (Å²) in [4.78, 5) is 4.18. The van der Waals surface area contributed by atoms with Crippen LogP contribution in [0.1, 0.15) is 17.3 Å². The number of pyridine rings is 1. The number of nitrogens with zero attached hydrogens (tertiary/aromatic N) is 3. The van der Waals surface area contributed by atoms with E-state index in [4.69, 9.17) is 0 Å². The molecule has 2 aromatic rings. The van der Waals surface area contributed by atoms with E-state index in [9.17, 15) is 0 Å². The van der Waals surface area contributed by atoms with Crippen molar-refractivity contribution in [1.29, 1.82) is 0 Å². The Morgan fingerprint density at radius 2 is 2.29 bits per heavy atom. The molecule has 0 bridgehead atoms. The quantitative estimate of drug-likeness (QED) is 0.939. The number of aromatic nitrogens is 3. The van der Waals surface area contributed by atoms with E-state index in [0.717, 1.165) is 10.9 Å². The highest BCUT2D eigenvalue weighted by molar-refractivity contribution is 9.10. The second-order valence-electron chi connectivity index (χ2n) is 3.94. The van der Waals surface area contributed by atoms with E-state index in [1.807, 2.05) is 37.2 Å². The second-order valence-corrected chi connectivity index (χ2v) is 4.85. The molecule has 0 saturated carbocycles. The van der Waals surface area contributed by atoms with Crippen LogP contribution in [0.25, 0.3) is 0 Å². The summed E-state index contributed by atoms with van der Waals surface area (Å²) in [6.45, 7) is 0. The average molecular weight is 295 g/mol. The molecule has 2 aromatic heterocycles. The molecule has 2 heterocycles. The third kappa shape index (κ3) is 2.92. The van der Waals surface area contributed by atoms with Crippen molar-refractivity contribution < 1.29 is 0 Å². The molecule has 1 atom stereocenters. The summed E-state index contributed by atoms with van der Waals surface area (Å²) in [7, 11) is 3.92. The molecule has 0 saturated heterocycles. The maximum absolute atomic E-state index is 4.20. The zero-order chi connectivity index (χ0) is 12.3. The molecule has 0 aliphatic heterocycles. The molecule has 1 unspecified atom stereocenters. The van der Waals surface area contributed by atoms with Crippen molar-refractivity contribution in [2.75, 3.05) is 7.05 Å². The van der Waals surface area contributed by atoms with E-state index >= 15 is 0 Å². The summed E-state index contributed by atoms with van der Waals surface area (Å²) in [5.74, 6) is 0. The predicted molar refractivity (Wildman–Crippen MR) is 70.6 cm³/mol. The van der Waals surface area contributed by atoms with Gasteiger partial charge in [0.25, 0.3) is 0 Å². The molecule has 17 heavy (non-hydrogen) atoms. The Bertz CT molecular complexity index is 495. The van der Waals surface area contributed by atoms with Crippen LogP contribution < -0.4 is 5.32 Å². The van der Waals surface area contributed by atoms with Crippen LogP contribution in [0.5, 0.6) is 0 Å². The zero-order valence-electron chi connectivity index (χ0n) is 9.89. The van der Waals surface area contributed by atoms with Crippen LogP contribution in [0.4, 0.5) is 0 Å². The van der Waals surface area contributed by atoms with Crippen molar-refractivity contribution in [2.24, 2.45) is 7.05 Å². The van der Waals surface area contributed by atoms with E-state index in [1.165, 1.54) is 11.3 Å². The van der Waals surface area contributed by atoms with Gasteiger partial charge >= 0.3 is 0 Å². The lowest BCUT2D eigenvalue weighted by atomic mass is 10.1. The van der Waals surface area contributed by atoms with Gasteiger partial charge in [-0.1, -0.05) is 0 Å². The van der Waals surface area contributed by atoms with Crippen LogP contribution in [0.3, 0.4) is 0 Å². The van der Waals surface area contributed by atoms with Crippen LogP contribution in [-0.2, 0) is 13.5 Å². The van der Waals surface area contributed by atoms with Crippen molar-refractivity contribution >= 4 is 15.9 Å². The van der Waals surface area contributed by atoms with Crippen molar-refractivity contribution in [3.8, 4) is 0 Å². The van der Waals surface area contributed by atoms with Crippen LogP contribution in [0.15, 0.2) is 35.2 Å². The van der Waals surface area contributed by atoms with Gasteiger partial charge in [-0.2, -0.15) is 5.10 Å². The van der Waals surface area contributed by atoms with Gasteiger partial charge in [0.2, 0.25) is 0 Å². The Morgan fingerprint density at radius 3 is 2.88 bits per heavy atom. The van der Waals surface area contributed by atoms with E-state index in [0.29, 0.717) is 0 Å². The maximum Gasteiger partial charge on any atom is 0.0553 e. The number of hydrogen-bond donors (Lipinski definition) is 1. The monoisotopic (exact) mass is 294 g/mol. The van der Waals surface area contributed by atoms with Crippen LogP contribution in [0, 0.1) is 0 Å². The average Bonchev–Trinajstić information content (AvgIpc) is 2.72. The molecule has 0 amide bonds. The summed E-state index contributed by atoms with van der Waals surface area (Å²) < 4.78 is 2.90. The van der Waals surface area contributed by atoms with Crippen molar-refractivity contribution in [3.05, 3.63) is 46.5 Å². The molecule has 90 valence electrons. The van der Waals surface area contributed by atoms with Crippen LogP contribution >= 0.6 is 15.9 Å². The lowest BCUT2D eigenvalue weighted by molar-refractivity contribution is 0.537. The standard InChI is InChI=1S/C12H15BrN4/c1-14-11(12-3-4-16-17(12)2)6-9-5-10(13)8-15-7-9/h3-5,7-8,11,14H,6H2,1-2H3. The number of rotatable bonds is 4. The van der Waals surface area contributed by atoms with E-state index in [2.05, 4.69) is 37.4 Å². The van der Waals surface area contributed by atoms with Gasteiger partial charge in [0, 0.05) is 30.1 Å². The first-order chi connectivity index (χ1) is 8.20. The first-order valence-electron chi connectivity index (χ1n) is 5.45. The fourth-order valence-corrected chi connectivity index (χ4v) is 2.30. The summed E-state index contributed by atoms with van der Waals surface area (Å²) in [6, 6.07) is 4.37. The highest BCUT2D eigenvalue weighted by Crippen LogP contribution is 2.18. The highest BCUT2D eigenvalue weighted by atomic mass is 79.9. The van der Waals surface area contributed by atoms with E-state index in [-0.39, 0.29) is 6.04 Å². The second kappa shape index (κ2) is 5.42. The van der Waals surface area contributed by atoms with Gasteiger partial charge in [-0.15, -0.1) is 0 Å². The topological polar surface area (TPSA) is 42.7 Å². The Kier molecular flexibility index (Phi) is 3.91. The lowest BCUT2D eigenvalue weighted by Gasteiger charge is -2.16. The number of halogens is 1. The smallest absolute Gasteiger partial charge is 0.0553 e. The molecular weight excluding hydrogens is 280 g/mol. The fraction of sp³-hybridized carbons (Fsp3) is 0.333. The first kappa shape index (κ1) is 12.3. The van der Waals surface area contributed by atoms with Gasteiger partial charge in [0.15, 0.2) is 0 Å². The normalized spacial score (nSPS) is 12.6. The minimum Gasteiger partial charge on any atom is -0.311 e. The Balaban J connectivity index is 2.19. The number of likely N-dealkylation sites (N-methyl/N-ethyl adjacent to an activating group) is 1. The SMILES string of the molecule is CNC(Cc1cncc(Br)c1)c1ccnn1C. The van der Waals surface area contributed by atoms with Crippen molar-refractivity contribution in [3.63, 3.8) is 0 Å². The van der Waals surface area contributed by atoms with Gasteiger partial charge in [0.1, 0.15) is 0 Å². The Morgan fingerprint density at radius 1 is 1.47 bits per heavy atom. The molecule has 0 spiro atoms. The largest absolute Gasteiger partial charge is 0.311 e. The fourth-order valence-electron chi connectivity index (χ4n) is 1.88. The summed E-state index contributed by atoms with van der Waals surface area (Å²) in [5.41, 5.74) is 2.37. The Hall–Kier alpha value is -1.20. The summed E-state index contributed by atoms with van der Waals surface area (Å²) in [6.07, 6.45) is 6.40. The molecule has 0 aliphatic carbocycles. The summed E-state index contributed by atoms with van der Waals surface area (Å²) >= 11 is 3.44. The molecule has 4 nitrogen and oxygen atoms in total. The van der Waals surface area contributed by atoms with Crippen LogP contribution in [-0.4, -0.2) is 21.8 Å². The molecule has 0 aliphatic rings. The molecular formula is C12H15BrN4. The third-order valence-corrected chi connectivity index (χ3v) is 3.20. The van der Waals surface area contributed by atoms with Gasteiger partial charge in [-0.25, -0.2) is 0 Å². The van der Waals surface area contributed by atoms with Gasteiger partial charge in [-0.3, -0.25) is 9.67 Å². The number of nitrogens with one attached hydrogen (secondary N) is 1. The van der Waals surface area contributed by atoms with Crippen molar-refractivity contribution in [1.82, 2.24) is 20.1 Å². The molecule has 1 N–H and O–H groups in total. The third-order valence-electron chi connectivity index (χ3n) is 2.77. The molecule has 0 radical (unpaired) electrons. The molecule has 0 fully saturated rings.